The number of hydrogen-bond donors (Lipinski definition) is 1. The number of imidazole rings is 1. The first-order valence-electron chi connectivity index (χ1n) is 9.20. The van der Waals surface area contributed by atoms with Crippen molar-refractivity contribution in [2.24, 2.45) is 7.05 Å². The van der Waals surface area contributed by atoms with Crippen molar-refractivity contribution >= 4 is 11.6 Å². The number of methoxy groups -OCH3 is 1. The first-order chi connectivity index (χ1) is 14.5. The fourth-order valence-corrected chi connectivity index (χ4v) is 3.19. The Kier molecular flexibility index (Phi) is 5.18. The van der Waals surface area contributed by atoms with Gasteiger partial charge in [-0.3, -0.25) is 0 Å². The van der Waals surface area contributed by atoms with Crippen LogP contribution < -0.4 is 10.1 Å². The van der Waals surface area contributed by atoms with Gasteiger partial charge in [-0.2, -0.15) is 4.98 Å². The van der Waals surface area contributed by atoms with Gasteiger partial charge in [0.15, 0.2) is 5.82 Å². The Morgan fingerprint density at radius 1 is 1.17 bits per heavy atom. The van der Waals surface area contributed by atoms with Crippen LogP contribution in [0.15, 0.2) is 48.9 Å². The number of nitrogens with zero attached hydrogens (tertiary/aromatic N) is 5. The van der Waals surface area contributed by atoms with Crippen LogP contribution >= 0.6 is 0 Å². The molecule has 0 unspecified atom stereocenters. The van der Waals surface area contributed by atoms with E-state index in [1.54, 1.807) is 25.2 Å². The summed E-state index contributed by atoms with van der Waals surface area (Å²) in [6.45, 7) is 1.12. The van der Waals surface area contributed by atoms with E-state index in [2.05, 4.69) is 20.4 Å². The molecule has 0 spiro atoms. The molecule has 9 heteroatoms. The largest absolute Gasteiger partial charge is 0.495 e. The van der Waals surface area contributed by atoms with Crippen molar-refractivity contribution in [3.63, 3.8) is 0 Å². The zero-order valence-electron chi connectivity index (χ0n) is 16.7. The highest BCUT2D eigenvalue weighted by Crippen LogP contribution is 2.30. The summed E-state index contributed by atoms with van der Waals surface area (Å²) >= 11 is 0. The van der Waals surface area contributed by atoms with Crippen LogP contribution in [0.3, 0.4) is 0 Å². The van der Waals surface area contributed by atoms with Crippen LogP contribution in [-0.4, -0.2) is 31.4 Å². The minimum absolute atomic E-state index is 0.200. The summed E-state index contributed by atoms with van der Waals surface area (Å²) in [7, 11) is 3.36. The van der Waals surface area contributed by atoms with Gasteiger partial charge in [0.05, 0.1) is 24.8 Å². The fourth-order valence-electron chi connectivity index (χ4n) is 3.19. The number of rotatable bonds is 6. The van der Waals surface area contributed by atoms with Gasteiger partial charge >= 0.3 is 0 Å². The molecule has 7 nitrogen and oxygen atoms in total. The number of halogens is 2. The average Bonchev–Trinajstić information content (AvgIpc) is 3.34. The third-order valence-electron chi connectivity index (χ3n) is 4.65. The first kappa shape index (κ1) is 19.6. The number of aryl methyl sites for hydroxylation is 2. The number of aromatic nitrogens is 5. The van der Waals surface area contributed by atoms with Crippen LogP contribution in [0.5, 0.6) is 5.75 Å². The maximum Gasteiger partial charge on any atom is 0.247 e. The third kappa shape index (κ3) is 3.73. The van der Waals surface area contributed by atoms with Crippen molar-refractivity contribution in [1.82, 2.24) is 24.3 Å². The molecule has 2 heterocycles. The molecule has 0 bridgehead atoms. The maximum absolute atomic E-state index is 13.3. The summed E-state index contributed by atoms with van der Waals surface area (Å²) < 4.78 is 35.6. The number of ether oxygens (including phenoxy) is 1. The third-order valence-corrected chi connectivity index (χ3v) is 4.65. The van der Waals surface area contributed by atoms with Gasteiger partial charge in [-0.25, -0.2) is 18.4 Å². The molecule has 0 atom stereocenters. The molecule has 0 saturated carbocycles. The molecule has 0 saturated heterocycles. The molecule has 2 aromatic heterocycles. The lowest BCUT2D eigenvalue weighted by Crippen LogP contribution is -1.99. The zero-order valence-corrected chi connectivity index (χ0v) is 16.7. The van der Waals surface area contributed by atoms with Crippen LogP contribution in [0, 0.1) is 12.7 Å². The minimum Gasteiger partial charge on any atom is -0.495 e. The summed E-state index contributed by atoms with van der Waals surface area (Å²) in [5, 5.41) is 7.30. The van der Waals surface area contributed by atoms with Gasteiger partial charge in [0.25, 0.3) is 0 Å². The molecule has 4 aromatic rings. The molecule has 154 valence electrons. The molecule has 0 radical (unpaired) electrons. The lowest BCUT2D eigenvalue weighted by Gasteiger charge is -2.11. The van der Waals surface area contributed by atoms with Crippen molar-refractivity contribution in [2.45, 2.75) is 13.6 Å². The number of benzene rings is 2. The van der Waals surface area contributed by atoms with Crippen LogP contribution in [0.1, 0.15) is 11.3 Å². The van der Waals surface area contributed by atoms with E-state index in [1.165, 1.54) is 12.1 Å². The smallest absolute Gasteiger partial charge is 0.247 e. The molecule has 0 fully saturated rings. The molecule has 0 aliphatic heterocycles. The van der Waals surface area contributed by atoms with Gasteiger partial charge in [0, 0.05) is 30.1 Å². The van der Waals surface area contributed by atoms with E-state index in [1.807, 2.05) is 35.9 Å². The highest BCUT2D eigenvalue weighted by atomic mass is 19.1. The van der Waals surface area contributed by atoms with E-state index in [-0.39, 0.29) is 11.5 Å². The van der Waals surface area contributed by atoms with Gasteiger partial charge in [0.2, 0.25) is 5.95 Å². The molecule has 2 aromatic carbocycles. The summed E-state index contributed by atoms with van der Waals surface area (Å²) in [4.78, 5) is 8.75. The normalized spacial score (nSPS) is 11.0. The molecule has 30 heavy (non-hydrogen) atoms. The highest BCUT2D eigenvalue weighted by Gasteiger charge is 2.15. The van der Waals surface area contributed by atoms with Crippen molar-refractivity contribution in [2.75, 3.05) is 12.4 Å². The number of anilines is 2. The van der Waals surface area contributed by atoms with E-state index >= 15 is 0 Å². The first-order valence-corrected chi connectivity index (χ1v) is 9.20. The Morgan fingerprint density at radius 3 is 2.70 bits per heavy atom. The molecule has 1 N–H and O–H groups in total. The lowest BCUT2D eigenvalue weighted by molar-refractivity contribution is 0.413. The standard InChI is InChI=1S/C21H20F2N6O/c1-13-11-29(12-24-13)18-7-4-14(9-19(18)30-3)20-26-21(27-28(20)2)25-17-6-5-16(23)8-15(17)10-22/h4-9,11-12H,10H2,1-3H3,(H,25,27). The van der Waals surface area contributed by atoms with Crippen molar-refractivity contribution < 1.29 is 13.5 Å². The van der Waals surface area contributed by atoms with Gasteiger partial charge in [0.1, 0.15) is 18.2 Å². The Hall–Kier alpha value is -3.75. The van der Waals surface area contributed by atoms with Crippen molar-refractivity contribution in [3.8, 4) is 22.8 Å². The van der Waals surface area contributed by atoms with Crippen LogP contribution in [0.25, 0.3) is 17.1 Å². The topological polar surface area (TPSA) is 69.8 Å². The minimum atomic E-state index is -0.799. The van der Waals surface area contributed by atoms with Gasteiger partial charge in [-0.05, 0) is 43.3 Å². The fraction of sp³-hybridized carbons (Fsp3) is 0.190. The highest BCUT2D eigenvalue weighted by molar-refractivity contribution is 5.66. The van der Waals surface area contributed by atoms with Crippen LogP contribution in [0.4, 0.5) is 20.4 Å². The van der Waals surface area contributed by atoms with Gasteiger partial charge < -0.3 is 14.6 Å². The van der Waals surface area contributed by atoms with Crippen molar-refractivity contribution in [3.05, 3.63) is 66.0 Å². The van der Waals surface area contributed by atoms with Crippen molar-refractivity contribution in [1.29, 1.82) is 0 Å². The predicted molar refractivity (Wildman–Crippen MR) is 109 cm³/mol. The quantitative estimate of drug-likeness (QED) is 0.512. The van der Waals surface area contributed by atoms with Gasteiger partial charge in [-0.1, -0.05) is 0 Å². The SMILES string of the molecule is COc1cc(-c2nc(Nc3ccc(F)cc3CF)nn2C)ccc1-n1cnc(C)c1. The van der Waals surface area contributed by atoms with Gasteiger partial charge in [-0.15, -0.1) is 5.10 Å². The van der Waals surface area contributed by atoms with E-state index < -0.39 is 12.5 Å². The summed E-state index contributed by atoms with van der Waals surface area (Å²) in [6.07, 6.45) is 3.63. The van der Waals surface area contributed by atoms with E-state index in [0.717, 1.165) is 23.0 Å². The molecular formula is C21H20F2N6O. The van der Waals surface area contributed by atoms with E-state index in [9.17, 15) is 8.78 Å². The summed E-state index contributed by atoms with van der Waals surface area (Å²) in [6, 6.07) is 9.55. The Morgan fingerprint density at radius 2 is 2.00 bits per heavy atom. The number of nitrogens with one attached hydrogen (secondary N) is 1. The second kappa shape index (κ2) is 7.94. The second-order valence-corrected chi connectivity index (χ2v) is 6.75. The maximum atomic E-state index is 13.3. The van der Waals surface area contributed by atoms with Crippen LogP contribution in [0.2, 0.25) is 0 Å². The molecule has 4 rings (SSSR count). The average molecular weight is 410 g/mol. The zero-order chi connectivity index (χ0) is 21.3. The summed E-state index contributed by atoms with van der Waals surface area (Å²) in [5.74, 6) is 1.03. The number of alkyl halides is 1. The molecular weight excluding hydrogens is 390 g/mol. The molecule has 0 aliphatic rings. The monoisotopic (exact) mass is 410 g/mol. The Balaban J connectivity index is 1.66. The predicted octanol–water partition coefficient (Wildman–Crippen LogP) is 4.34. The lowest BCUT2D eigenvalue weighted by atomic mass is 10.1. The van der Waals surface area contributed by atoms with E-state index in [4.69, 9.17) is 4.74 Å². The van der Waals surface area contributed by atoms with Crippen LogP contribution in [-0.2, 0) is 13.7 Å². The van der Waals surface area contributed by atoms with E-state index in [0.29, 0.717) is 17.3 Å². The summed E-state index contributed by atoms with van der Waals surface area (Å²) in [5.41, 5.74) is 3.16. The second-order valence-electron chi connectivity index (χ2n) is 6.75. The Bertz CT molecular complexity index is 1200. The Labute approximate surface area is 172 Å². The molecule has 0 aliphatic carbocycles. The number of hydrogen-bond acceptors (Lipinski definition) is 5. The molecule has 0 amide bonds.